The minimum atomic E-state index is -0.151. The van der Waals surface area contributed by atoms with Gasteiger partial charge in [0, 0.05) is 36.4 Å². The van der Waals surface area contributed by atoms with Gasteiger partial charge in [-0.2, -0.15) is 0 Å². The smallest absolute Gasteiger partial charge is 0.122 e. The fourth-order valence-electron chi connectivity index (χ4n) is 2.50. The third kappa shape index (κ3) is 2.76. The zero-order valence-electron chi connectivity index (χ0n) is 11.3. The molecule has 0 radical (unpaired) electrons. The summed E-state index contributed by atoms with van der Waals surface area (Å²) < 4.78 is 5.71. The number of nitrogens with two attached hydrogens (primary N) is 1. The maximum absolute atomic E-state index is 9.99. The van der Waals surface area contributed by atoms with E-state index in [1.807, 2.05) is 19.1 Å². The Morgan fingerprint density at radius 2 is 1.94 bits per heavy atom. The standard InChI is InChI=1S/C14H22N2O2/c1-9-7-16(8-10(2)18-9)12-4-5-13(11(3)15)14(17)6-12/h4-6,9-11,17H,7-8,15H2,1-3H3. The molecule has 4 heteroatoms. The van der Waals surface area contributed by atoms with Crippen molar-refractivity contribution >= 4 is 5.69 Å². The lowest BCUT2D eigenvalue weighted by atomic mass is 10.1. The van der Waals surface area contributed by atoms with Crippen molar-refractivity contribution in [3.63, 3.8) is 0 Å². The van der Waals surface area contributed by atoms with Gasteiger partial charge < -0.3 is 20.5 Å². The second kappa shape index (κ2) is 5.16. The van der Waals surface area contributed by atoms with Crippen LogP contribution in [0.25, 0.3) is 0 Å². The van der Waals surface area contributed by atoms with Gasteiger partial charge in [0.1, 0.15) is 5.75 Å². The van der Waals surface area contributed by atoms with Crippen LogP contribution in [0.5, 0.6) is 5.75 Å². The number of phenols is 1. The number of hydrogen-bond donors (Lipinski definition) is 2. The molecule has 1 fully saturated rings. The van der Waals surface area contributed by atoms with E-state index in [-0.39, 0.29) is 24.0 Å². The highest BCUT2D eigenvalue weighted by Crippen LogP contribution is 2.29. The van der Waals surface area contributed by atoms with Gasteiger partial charge in [-0.25, -0.2) is 0 Å². The average molecular weight is 250 g/mol. The normalized spacial score (nSPS) is 26.1. The molecule has 1 heterocycles. The van der Waals surface area contributed by atoms with Crippen LogP contribution in [-0.2, 0) is 4.74 Å². The summed E-state index contributed by atoms with van der Waals surface area (Å²) in [6.07, 6.45) is 0.424. The van der Waals surface area contributed by atoms with Gasteiger partial charge in [-0.1, -0.05) is 6.07 Å². The number of anilines is 1. The van der Waals surface area contributed by atoms with Gasteiger partial charge in [-0.3, -0.25) is 0 Å². The Bertz CT molecular complexity index is 410. The first-order valence-electron chi connectivity index (χ1n) is 6.46. The summed E-state index contributed by atoms with van der Waals surface area (Å²) in [5.74, 6) is 0.272. The van der Waals surface area contributed by atoms with Gasteiger partial charge in [0.25, 0.3) is 0 Å². The Hall–Kier alpha value is -1.26. The SMILES string of the molecule is CC1CN(c2ccc(C(C)N)c(O)c2)CC(C)O1. The van der Waals surface area contributed by atoms with Crippen LogP contribution in [0, 0.1) is 0 Å². The highest BCUT2D eigenvalue weighted by Gasteiger charge is 2.23. The molecule has 0 saturated carbocycles. The first-order chi connectivity index (χ1) is 8.47. The quantitative estimate of drug-likeness (QED) is 0.843. The Morgan fingerprint density at radius 3 is 2.44 bits per heavy atom. The van der Waals surface area contributed by atoms with Crippen LogP contribution < -0.4 is 10.6 Å². The number of benzene rings is 1. The summed E-state index contributed by atoms with van der Waals surface area (Å²) in [4.78, 5) is 2.24. The van der Waals surface area contributed by atoms with Crippen molar-refractivity contribution < 1.29 is 9.84 Å². The molecule has 3 N–H and O–H groups in total. The van der Waals surface area contributed by atoms with Gasteiger partial charge in [0.15, 0.2) is 0 Å². The Morgan fingerprint density at radius 1 is 1.33 bits per heavy atom. The topological polar surface area (TPSA) is 58.7 Å². The van der Waals surface area contributed by atoms with E-state index in [9.17, 15) is 5.11 Å². The van der Waals surface area contributed by atoms with E-state index < -0.39 is 0 Å². The van der Waals surface area contributed by atoms with E-state index in [4.69, 9.17) is 10.5 Å². The van der Waals surface area contributed by atoms with Crippen molar-refractivity contribution in [3.05, 3.63) is 23.8 Å². The first kappa shape index (κ1) is 13.2. The Balaban J connectivity index is 2.21. The zero-order valence-corrected chi connectivity index (χ0v) is 11.3. The lowest BCUT2D eigenvalue weighted by molar-refractivity contribution is -0.00523. The van der Waals surface area contributed by atoms with Crippen molar-refractivity contribution in [2.75, 3.05) is 18.0 Å². The molecule has 4 nitrogen and oxygen atoms in total. The van der Waals surface area contributed by atoms with E-state index in [0.29, 0.717) is 0 Å². The average Bonchev–Trinajstić information content (AvgIpc) is 2.26. The predicted octanol–water partition coefficient (Wildman–Crippen LogP) is 2.03. The summed E-state index contributed by atoms with van der Waals surface area (Å²) >= 11 is 0. The molecule has 1 aliphatic rings. The third-order valence-electron chi connectivity index (χ3n) is 3.29. The molecule has 100 valence electrons. The number of rotatable bonds is 2. The summed E-state index contributed by atoms with van der Waals surface area (Å²) in [5.41, 5.74) is 7.61. The van der Waals surface area contributed by atoms with Crippen LogP contribution >= 0.6 is 0 Å². The van der Waals surface area contributed by atoms with Gasteiger partial charge in [0.05, 0.1) is 12.2 Å². The first-order valence-corrected chi connectivity index (χ1v) is 6.46. The van der Waals surface area contributed by atoms with Crippen LogP contribution in [-0.4, -0.2) is 30.4 Å². The van der Waals surface area contributed by atoms with E-state index in [1.165, 1.54) is 0 Å². The van der Waals surface area contributed by atoms with E-state index >= 15 is 0 Å². The van der Waals surface area contributed by atoms with Crippen LogP contribution in [0.2, 0.25) is 0 Å². The van der Waals surface area contributed by atoms with Crippen LogP contribution in [0.15, 0.2) is 18.2 Å². The Labute approximate surface area is 108 Å². The minimum absolute atomic E-state index is 0.151. The van der Waals surface area contributed by atoms with Crippen molar-refractivity contribution in [1.29, 1.82) is 0 Å². The molecule has 18 heavy (non-hydrogen) atoms. The molecule has 1 aromatic carbocycles. The summed E-state index contributed by atoms with van der Waals surface area (Å²) in [6.45, 7) is 7.70. The largest absolute Gasteiger partial charge is 0.508 e. The molecular weight excluding hydrogens is 228 g/mol. The maximum atomic E-state index is 9.99. The van der Waals surface area contributed by atoms with Crippen molar-refractivity contribution in [1.82, 2.24) is 0 Å². The number of morpholine rings is 1. The molecule has 0 amide bonds. The summed E-state index contributed by atoms with van der Waals surface area (Å²) in [5, 5.41) is 9.99. The molecule has 0 aromatic heterocycles. The number of hydrogen-bond acceptors (Lipinski definition) is 4. The second-order valence-electron chi connectivity index (χ2n) is 5.19. The Kier molecular flexibility index (Phi) is 3.78. The maximum Gasteiger partial charge on any atom is 0.122 e. The number of aromatic hydroxyl groups is 1. The van der Waals surface area contributed by atoms with Gasteiger partial charge in [-0.15, -0.1) is 0 Å². The van der Waals surface area contributed by atoms with E-state index in [2.05, 4.69) is 18.7 Å². The summed E-state index contributed by atoms with van der Waals surface area (Å²) in [6, 6.07) is 5.56. The number of ether oxygens (including phenoxy) is 1. The minimum Gasteiger partial charge on any atom is -0.508 e. The van der Waals surface area contributed by atoms with Crippen molar-refractivity contribution in [2.24, 2.45) is 5.73 Å². The number of nitrogens with zero attached hydrogens (tertiary/aromatic N) is 1. The lowest BCUT2D eigenvalue weighted by Crippen LogP contribution is -2.45. The third-order valence-corrected chi connectivity index (χ3v) is 3.29. The van der Waals surface area contributed by atoms with Gasteiger partial charge in [-0.05, 0) is 26.8 Å². The molecule has 0 bridgehead atoms. The predicted molar refractivity (Wildman–Crippen MR) is 72.9 cm³/mol. The fraction of sp³-hybridized carbons (Fsp3) is 0.571. The van der Waals surface area contributed by atoms with E-state index in [0.717, 1.165) is 24.3 Å². The van der Waals surface area contributed by atoms with Crippen molar-refractivity contribution in [3.8, 4) is 5.75 Å². The molecule has 3 unspecified atom stereocenters. The monoisotopic (exact) mass is 250 g/mol. The van der Waals surface area contributed by atoms with E-state index in [1.54, 1.807) is 6.07 Å². The summed E-state index contributed by atoms with van der Waals surface area (Å²) in [7, 11) is 0. The lowest BCUT2D eigenvalue weighted by Gasteiger charge is -2.37. The second-order valence-corrected chi connectivity index (χ2v) is 5.19. The number of phenolic OH excluding ortho intramolecular Hbond substituents is 1. The van der Waals surface area contributed by atoms with Crippen molar-refractivity contribution in [2.45, 2.75) is 39.0 Å². The molecule has 3 atom stereocenters. The molecule has 1 aliphatic heterocycles. The van der Waals surface area contributed by atoms with Crippen LogP contribution in [0.3, 0.4) is 0 Å². The molecular formula is C14H22N2O2. The molecule has 1 aromatic rings. The highest BCUT2D eigenvalue weighted by molar-refractivity contribution is 5.54. The molecule has 1 saturated heterocycles. The molecule has 0 spiro atoms. The highest BCUT2D eigenvalue weighted by atomic mass is 16.5. The van der Waals surface area contributed by atoms with Gasteiger partial charge in [0.2, 0.25) is 0 Å². The fourth-order valence-corrected chi connectivity index (χ4v) is 2.50. The van der Waals surface area contributed by atoms with Gasteiger partial charge >= 0.3 is 0 Å². The molecule has 2 rings (SSSR count). The van der Waals surface area contributed by atoms with Crippen LogP contribution in [0.1, 0.15) is 32.4 Å². The zero-order chi connectivity index (χ0) is 13.3. The molecule has 0 aliphatic carbocycles. The van der Waals surface area contributed by atoms with Crippen LogP contribution in [0.4, 0.5) is 5.69 Å².